The molecular formula is C21H29N5O. The predicted octanol–water partition coefficient (Wildman–Crippen LogP) is 2.42. The normalized spacial score (nSPS) is 15.0. The number of piperazine rings is 1. The van der Waals surface area contributed by atoms with Crippen LogP contribution in [-0.4, -0.2) is 62.7 Å². The summed E-state index contributed by atoms with van der Waals surface area (Å²) >= 11 is 0. The van der Waals surface area contributed by atoms with E-state index in [9.17, 15) is 0 Å². The maximum atomic E-state index is 5.20. The highest BCUT2D eigenvalue weighted by molar-refractivity contribution is 5.80. The third kappa shape index (κ3) is 5.36. The second kappa shape index (κ2) is 9.80. The van der Waals surface area contributed by atoms with Gasteiger partial charge < -0.3 is 19.9 Å². The largest absolute Gasteiger partial charge is 0.497 e. The maximum Gasteiger partial charge on any atom is 0.193 e. The van der Waals surface area contributed by atoms with Crippen LogP contribution in [0.1, 0.15) is 12.0 Å². The summed E-state index contributed by atoms with van der Waals surface area (Å²) in [6.07, 6.45) is 3.96. The molecule has 0 bridgehead atoms. The Morgan fingerprint density at radius 3 is 2.52 bits per heavy atom. The zero-order chi connectivity index (χ0) is 18.9. The molecule has 0 atom stereocenters. The number of methoxy groups -OCH3 is 1. The highest BCUT2D eigenvalue weighted by atomic mass is 16.5. The molecule has 0 saturated carbocycles. The van der Waals surface area contributed by atoms with E-state index in [-0.39, 0.29) is 0 Å². The molecule has 144 valence electrons. The molecule has 1 aliphatic heterocycles. The van der Waals surface area contributed by atoms with Crippen LogP contribution in [0.3, 0.4) is 0 Å². The lowest BCUT2D eigenvalue weighted by Gasteiger charge is -2.37. The molecule has 1 aliphatic rings. The van der Waals surface area contributed by atoms with Crippen LogP contribution in [0, 0.1) is 0 Å². The Morgan fingerprint density at radius 2 is 1.89 bits per heavy atom. The van der Waals surface area contributed by atoms with Gasteiger partial charge >= 0.3 is 0 Å². The fraction of sp³-hybridized carbons (Fsp3) is 0.429. The molecule has 1 N–H and O–H groups in total. The molecule has 2 heterocycles. The summed E-state index contributed by atoms with van der Waals surface area (Å²) in [5, 5.41) is 3.50. The number of anilines is 1. The first-order valence-corrected chi connectivity index (χ1v) is 9.54. The molecular weight excluding hydrogens is 338 g/mol. The van der Waals surface area contributed by atoms with Crippen LogP contribution in [0.4, 0.5) is 5.82 Å². The molecule has 1 aromatic heterocycles. The second-order valence-electron chi connectivity index (χ2n) is 6.59. The van der Waals surface area contributed by atoms with Gasteiger partial charge in [-0.1, -0.05) is 18.2 Å². The number of pyridine rings is 1. The van der Waals surface area contributed by atoms with Crippen molar-refractivity contribution in [2.75, 3.05) is 51.8 Å². The number of nitrogens with zero attached hydrogens (tertiary/aromatic N) is 4. The van der Waals surface area contributed by atoms with Gasteiger partial charge in [0.05, 0.1) is 7.11 Å². The van der Waals surface area contributed by atoms with Gasteiger partial charge in [0.2, 0.25) is 0 Å². The van der Waals surface area contributed by atoms with Gasteiger partial charge in [0, 0.05) is 46.0 Å². The number of benzene rings is 1. The molecule has 0 spiro atoms. The van der Waals surface area contributed by atoms with Crippen molar-refractivity contribution in [2.45, 2.75) is 12.8 Å². The standard InChI is InChI=1S/C21H29N5O/c1-22-21(24-13-5-6-18-8-10-19(27-2)11-9-18)26-16-14-25(15-17-26)20-7-3-4-12-23-20/h3-4,7-12H,5-6,13-17H2,1-2H3,(H,22,24). The van der Waals surface area contributed by atoms with Gasteiger partial charge in [-0.3, -0.25) is 4.99 Å². The monoisotopic (exact) mass is 367 g/mol. The molecule has 3 rings (SSSR count). The van der Waals surface area contributed by atoms with Crippen LogP contribution in [0.2, 0.25) is 0 Å². The Labute approximate surface area is 161 Å². The van der Waals surface area contributed by atoms with Crippen molar-refractivity contribution in [3.8, 4) is 5.75 Å². The van der Waals surface area contributed by atoms with Gasteiger partial charge in [-0.25, -0.2) is 4.98 Å². The summed E-state index contributed by atoms with van der Waals surface area (Å²) in [7, 11) is 3.55. The number of guanidine groups is 1. The molecule has 2 aromatic rings. The lowest BCUT2D eigenvalue weighted by Crippen LogP contribution is -2.52. The van der Waals surface area contributed by atoms with Gasteiger partial charge in [0.15, 0.2) is 5.96 Å². The van der Waals surface area contributed by atoms with E-state index in [0.717, 1.165) is 63.1 Å². The number of aromatic nitrogens is 1. The third-order valence-corrected chi connectivity index (χ3v) is 4.85. The van der Waals surface area contributed by atoms with E-state index in [1.165, 1.54) is 5.56 Å². The van der Waals surface area contributed by atoms with E-state index in [2.05, 4.69) is 43.3 Å². The number of aryl methyl sites for hydroxylation is 1. The topological polar surface area (TPSA) is 53.0 Å². The summed E-state index contributed by atoms with van der Waals surface area (Å²) in [5.41, 5.74) is 1.33. The van der Waals surface area contributed by atoms with E-state index < -0.39 is 0 Å². The smallest absolute Gasteiger partial charge is 0.193 e. The van der Waals surface area contributed by atoms with Crippen LogP contribution < -0.4 is 15.0 Å². The minimum Gasteiger partial charge on any atom is -0.497 e. The van der Waals surface area contributed by atoms with Crippen LogP contribution in [-0.2, 0) is 6.42 Å². The van der Waals surface area contributed by atoms with Crippen molar-refractivity contribution >= 4 is 11.8 Å². The Kier molecular flexibility index (Phi) is 6.90. The molecule has 6 nitrogen and oxygen atoms in total. The van der Waals surface area contributed by atoms with Crippen LogP contribution in [0.5, 0.6) is 5.75 Å². The van der Waals surface area contributed by atoms with Gasteiger partial charge in [0.1, 0.15) is 11.6 Å². The summed E-state index contributed by atoms with van der Waals surface area (Å²) < 4.78 is 5.20. The number of ether oxygens (including phenoxy) is 1. The average molecular weight is 367 g/mol. The van der Waals surface area contributed by atoms with Crippen molar-refractivity contribution < 1.29 is 4.74 Å². The van der Waals surface area contributed by atoms with Crippen molar-refractivity contribution in [3.63, 3.8) is 0 Å². The van der Waals surface area contributed by atoms with E-state index in [1.807, 2.05) is 37.5 Å². The van der Waals surface area contributed by atoms with E-state index in [0.29, 0.717) is 0 Å². The summed E-state index contributed by atoms with van der Waals surface area (Å²) in [6.45, 7) is 4.75. The lowest BCUT2D eigenvalue weighted by molar-refractivity contribution is 0.371. The van der Waals surface area contributed by atoms with Crippen molar-refractivity contribution in [1.29, 1.82) is 0 Å². The van der Waals surface area contributed by atoms with Gasteiger partial charge in [-0.05, 0) is 42.7 Å². The highest BCUT2D eigenvalue weighted by Crippen LogP contribution is 2.13. The fourth-order valence-electron chi connectivity index (χ4n) is 3.31. The first-order valence-electron chi connectivity index (χ1n) is 9.54. The SMILES string of the molecule is CN=C(NCCCc1ccc(OC)cc1)N1CCN(c2ccccn2)CC1. The minimum absolute atomic E-state index is 0.905. The molecule has 1 fully saturated rings. The van der Waals surface area contributed by atoms with Gasteiger partial charge in [-0.15, -0.1) is 0 Å². The number of aliphatic imine (C=N–C) groups is 1. The predicted molar refractivity (Wildman–Crippen MR) is 111 cm³/mol. The number of hydrogen-bond donors (Lipinski definition) is 1. The number of hydrogen-bond acceptors (Lipinski definition) is 4. The zero-order valence-electron chi connectivity index (χ0n) is 16.3. The Morgan fingerprint density at radius 1 is 1.11 bits per heavy atom. The minimum atomic E-state index is 0.905. The molecule has 6 heteroatoms. The lowest BCUT2D eigenvalue weighted by atomic mass is 10.1. The van der Waals surface area contributed by atoms with E-state index >= 15 is 0 Å². The molecule has 1 aromatic carbocycles. The summed E-state index contributed by atoms with van der Waals surface area (Å²) in [4.78, 5) is 13.6. The molecule has 1 saturated heterocycles. The van der Waals surface area contributed by atoms with Crippen molar-refractivity contribution in [3.05, 3.63) is 54.2 Å². The Hall–Kier alpha value is -2.76. The zero-order valence-corrected chi connectivity index (χ0v) is 16.3. The van der Waals surface area contributed by atoms with Crippen molar-refractivity contribution in [2.24, 2.45) is 4.99 Å². The Bertz CT molecular complexity index is 709. The Balaban J connectivity index is 1.40. The first-order chi connectivity index (χ1) is 13.3. The summed E-state index contributed by atoms with van der Waals surface area (Å²) in [6, 6.07) is 14.4. The number of nitrogens with one attached hydrogen (secondary N) is 1. The highest BCUT2D eigenvalue weighted by Gasteiger charge is 2.20. The second-order valence-corrected chi connectivity index (χ2v) is 6.59. The van der Waals surface area contributed by atoms with Gasteiger partial charge in [0.25, 0.3) is 0 Å². The van der Waals surface area contributed by atoms with E-state index in [1.54, 1.807) is 7.11 Å². The quantitative estimate of drug-likeness (QED) is 0.483. The van der Waals surface area contributed by atoms with Crippen LogP contribution >= 0.6 is 0 Å². The van der Waals surface area contributed by atoms with Crippen molar-refractivity contribution in [1.82, 2.24) is 15.2 Å². The molecule has 0 radical (unpaired) electrons. The number of rotatable bonds is 6. The molecule has 0 amide bonds. The first kappa shape index (κ1) is 19.0. The third-order valence-electron chi connectivity index (χ3n) is 4.85. The van der Waals surface area contributed by atoms with Gasteiger partial charge in [-0.2, -0.15) is 0 Å². The molecule has 0 aliphatic carbocycles. The van der Waals surface area contributed by atoms with Crippen LogP contribution in [0.25, 0.3) is 0 Å². The van der Waals surface area contributed by atoms with Crippen LogP contribution in [0.15, 0.2) is 53.7 Å². The maximum absolute atomic E-state index is 5.20. The average Bonchev–Trinajstić information content (AvgIpc) is 2.75. The fourth-order valence-corrected chi connectivity index (χ4v) is 3.31. The summed E-state index contributed by atoms with van der Waals surface area (Å²) in [5.74, 6) is 2.95. The molecule has 27 heavy (non-hydrogen) atoms. The molecule has 0 unspecified atom stereocenters. The van der Waals surface area contributed by atoms with E-state index in [4.69, 9.17) is 4.74 Å².